The number of azo groups is 1. The number of hydrogen-bond acceptors (Lipinski definition) is 7. The van der Waals surface area contributed by atoms with Gasteiger partial charge in [-0.25, -0.2) is 0 Å². The lowest BCUT2D eigenvalue weighted by Gasteiger charge is -1.92. The summed E-state index contributed by atoms with van der Waals surface area (Å²) in [5.74, 6) is -0.0190. The van der Waals surface area contributed by atoms with Crippen molar-refractivity contribution in [1.82, 2.24) is 15.2 Å². The normalized spacial score (nSPS) is 11.2. The van der Waals surface area contributed by atoms with Crippen LogP contribution in [0.2, 0.25) is 0 Å². The van der Waals surface area contributed by atoms with Crippen molar-refractivity contribution in [2.45, 2.75) is 0 Å². The molecule has 8 heteroatoms. The maximum absolute atomic E-state index is 9.87. The first kappa shape index (κ1) is 13.3. The predicted octanol–water partition coefficient (Wildman–Crippen LogP) is 3.74. The van der Waals surface area contributed by atoms with Crippen LogP contribution in [0.1, 0.15) is 0 Å². The lowest BCUT2D eigenvalue weighted by Crippen LogP contribution is -1.96. The number of nitrogens with zero attached hydrogens (tertiary/aromatic N) is 4. The van der Waals surface area contributed by atoms with E-state index >= 15 is 0 Å². The van der Waals surface area contributed by atoms with Crippen LogP contribution >= 0.6 is 11.3 Å². The Morgan fingerprint density at radius 3 is 3.05 bits per heavy atom. The zero-order valence-electron chi connectivity index (χ0n) is 10.9. The van der Waals surface area contributed by atoms with Crippen LogP contribution in [0.25, 0.3) is 10.9 Å². The number of H-pyrrole nitrogens is 1. The van der Waals surface area contributed by atoms with Gasteiger partial charge in [0.05, 0.1) is 5.52 Å². The molecule has 0 spiro atoms. The highest BCUT2D eigenvalue weighted by Crippen LogP contribution is 2.36. The van der Waals surface area contributed by atoms with E-state index < -0.39 is 0 Å². The van der Waals surface area contributed by atoms with Crippen LogP contribution in [0, 0.1) is 0 Å². The molecule has 106 valence electrons. The second-order valence-electron chi connectivity index (χ2n) is 4.13. The zero-order valence-corrected chi connectivity index (χ0v) is 11.8. The van der Waals surface area contributed by atoms with Crippen LogP contribution in [0.5, 0.6) is 5.88 Å². The molecule has 0 fully saturated rings. The van der Waals surface area contributed by atoms with E-state index in [1.807, 2.05) is 24.3 Å². The largest absolute Gasteiger partial charge is 0.493 e. The number of aromatic nitrogens is 3. The van der Waals surface area contributed by atoms with Gasteiger partial charge in [-0.05, 0) is 6.07 Å². The van der Waals surface area contributed by atoms with Crippen molar-refractivity contribution in [3.63, 3.8) is 0 Å². The Morgan fingerprint density at radius 1 is 1.33 bits per heavy atom. The van der Waals surface area contributed by atoms with Gasteiger partial charge in [-0.2, -0.15) is 0 Å². The fraction of sp³-hybridized carbons (Fsp3) is 0.0769. The van der Waals surface area contributed by atoms with Crippen molar-refractivity contribution < 1.29 is 5.11 Å². The van der Waals surface area contributed by atoms with E-state index in [0.29, 0.717) is 22.5 Å². The number of rotatable bonds is 5. The van der Waals surface area contributed by atoms with Crippen LogP contribution < -0.4 is 5.32 Å². The van der Waals surface area contributed by atoms with Gasteiger partial charge in [-0.3, -0.25) is 0 Å². The molecule has 1 aromatic carbocycles. The molecular weight excluding hydrogens is 288 g/mol. The summed E-state index contributed by atoms with van der Waals surface area (Å²) >= 11 is 1.27. The maximum atomic E-state index is 9.87. The Kier molecular flexibility index (Phi) is 3.61. The molecule has 0 radical (unpaired) electrons. The third-order valence-electron chi connectivity index (χ3n) is 2.71. The first-order chi connectivity index (χ1) is 10.3. The molecule has 0 aliphatic heterocycles. The first-order valence-corrected chi connectivity index (χ1v) is 6.99. The molecule has 7 nitrogen and oxygen atoms in total. The first-order valence-electron chi connectivity index (χ1n) is 6.17. The minimum atomic E-state index is -0.0190. The Morgan fingerprint density at radius 2 is 2.19 bits per heavy atom. The fourth-order valence-corrected chi connectivity index (χ4v) is 2.37. The number of nitrogens with one attached hydrogen (secondary N) is 2. The van der Waals surface area contributed by atoms with Crippen molar-refractivity contribution >= 4 is 38.2 Å². The third kappa shape index (κ3) is 2.75. The Bertz CT molecular complexity index is 806. The van der Waals surface area contributed by atoms with Crippen LogP contribution in [-0.2, 0) is 0 Å². The van der Waals surface area contributed by atoms with Gasteiger partial charge in [0, 0.05) is 11.9 Å². The van der Waals surface area contributed by atoms with E-state index in [1.165, 1.54) is 11.3 Å². The van der Waals surface area contributed by atoms with Crippen LogP contribution in [0.4, 0.5) is 16.0 Å². The molecule has 0 bridgehead atoms. The SMILES string of the molecule is C=CCNc1nnc(N=Nc2c(O)[nH]c3ccccc23)s1. The highest BCUT2D eigenvalue weighted by molar-refractivity contribution is 7.18. The quantitative estimate of drug-likeness (QED) is 0.493. The Balaban J connectivity index is 1.86. The Labute approximate surface area is 124 Å². The summed E-state index contributed by atoms with van der Waals surface area (Å²) in [6.07, 6.45) is 1.73. The van der Waals surface area contributed by atoms with Gasteiger partial charge in [0.1, 0.15) is 0 Å². The number of hydrogen-bond donors (Lipinski definition) is 3. The van der Waals surface area contributed by atoms with Crippen molar-refractivity contribution in [2.24, 2.45) is 10.2 Å². The molecule has 0 saturated carbocycles. The van der Waals surface area contributed by atoms with Gasteiger partial charge in [-0.1, -0.05) is 35.6 Å². The number of fused-ring (bicyclic) bond motifs is 1. The van der Waals surface area contributed by atoms with E-state index in [-0.39, 0.29) is 5.88 Å². The molecule has 0 atom stereocenters. The summed E-state index contributed by atoms with van der Waals surface area (Å²) in [7, 11) is 0. The number of aromatic hydroxyl groups is 1. The molecule has 21 heavy (non-hydrogen) atoms. The van der Waals surface area contributed by atoms with Gasteiger partial charge >= 0.3 is 0 Å². The molecule has 3 aromatic rings. The molecule has 3 rings (SSSR count). The van der Waals surface area contributed by atoms with Gasteiger partial charge in [-0.15, -0.1) is 27.0 Å². The summed E-state index contributed by atoms with van der Waals surface area (Å²) in [5, 5.41) is 30.6. The van der Waals surface area contributed by atoms with E-state index in [1.54, 1.807) is 6.08 Å². The summed E-state index contributed by atoms with van der Waals surface area (Å²) in [4.78, 5) is 2.84. The second kappa shape index (κ2) is 5.71. The molecule has 2 aromatic heterocycles. The number of anilines is 1. The van der Waals surface area contributed by atoms with Crippen LogP contribution in [0.15, 0.2) is 47.1 Å². The highest BCUT2D eigenvalue weighted by atomic mass is 32.1. The van der Waals surface area contributed by atoms with E-state index in [0.717, 1.165) is 10.9 Å². The molecule has 0 saturated heterocycles. The molecule has 0 aliphatic rings. The monoisotopic (exact) mass is 300 g/mol. The molecule has 3 N–H and O–H groups in total. The lowest BCUT2D eigenvalue weighted by molar-refractivity contribution is 0.459. The van der Waals surface area contributed by atoms with Crippen molar-refractivity contribution in [3.8, 4) is 5.88 Å². The topological polar surface area (TPSA) is 98.6 Å². The van der Waals surface area contributed by atoms with Gasteiger partial charge in [0.25, 0.3) is 5.13 Å². The van der Waals surface area contributed by atoms with E-state index in [2.05, 4.69) is 37.3 Å². The van der Waals surface area contributed by atoms with Gasteiger partial charge in [0.2, 0.25) is 11.0 Å². The average molecular weight is 300 g/mol. The second-order valence-corrected chi connectivity index (χ2v) is 5.08. The third-order valence-corrected chi connectivity index (χ3v) is 3.47. The summed E-state index contributed by atoms with van der Waals surface area (Å²) in [6.45, 7) is 4.22. The minimum Gasteiger partial charge on any atom is -0.493 e. The fourth-order valence-electron chi connectivity index (χ4n) is 1.79. The molecular formula is C13H12N6OS. The average Bonchev–Trinajstić information content (AvgIpc) is 3.06. The van der Waals surface area contributed by atoms with E-state index in [4.69, 9.17) is 0 Å². The minimum absolute atomic E-state index is 0.0190. The number of aromatic amines is 1. The molecule has 0 aliphatic carbocycles. The van der Waals surface area contributed by atoms with E-state index in [9.17, 15) is 5.11 Å². The predicted molar refractivity (Wildman–Crippen MR) is 82.7 cm³/mol. The number of benzene rings is 1. The zero-order chi connectivity index (χ0) is 14.7. The van der Waals surface area contributed by atoms with Crippen molar-refractivity contribution in [1.29, 1.82) is 0 Å². The van der Waals surface area contributed by atoms with Gasteiger partial charge < -0.3 is 15.4 Å². The van der Waals surface area contributed by atoms with Crippen molar-refractivity contribution in [3.05, 3.63) is 36.9 Å². The molecule has 0 unspecified atom stereocenters. The summed E-state index contributed by atoms with van der Waals surface area (Å²) in [5.41, 5.74) is 1.19. The smallest absolute Gasteiger partial charge is 0.253 e. The standard InChI is InChI=1S/C13H12N6OS/c1-2-7-14-12-17-19-13(21-12)18-16-10-8-5-3-4-6-9(8)15-11(10)20/h2-6,15,20H,1,7H2,(H,14,17). The molecule has 0 amide bonds. The van der Waals surface area contributed by atoms with Crippen LogP contribution in [0.3, 0.4) is 0 Å². The summed E-state index contributed by atoms with van der Waals surface area (Å²) < 4.78 is 0. The Hall–Kier alpha value is -2.74. The number of para-hydroxylation sites is 1. The highest BCUT2D eigenvalue weighted by Gasteiger charge is 2.10. The lowest BCUT2D eigenvalue weighted by atomic mass is 10.2. The van der Waals surface area contributed by atoms with Crippen molar-refractivity contribution in [2.75, 3.05) is 11.9 Å². The molecule has 2 heterocycles. The van der Waals surface area contributed by atoms with Gasteiger partial charge in [0.15, 0.2) is 5.69 Å². The maximum Gasteiger partial charge on any atom is 0.253 e. The summed E-state index contributed by atoms with van der Waals surface area (Å²) in [6, 6.07) is 7.46. The van der Waals surface area contributed by atoms with Crippen LogP contribution in [-0.4, -0.2) is 26.8 Å².